The molecule has 5 rings (SSSR count). The molecule has 2 aromatic rings. The number of nitrogens with one attached hydrogen (secondary N) is 1. The molecule has 0 radical (unpaired) electrons. The van der Waals surface area contributed by atoms with Gasteiger partial charge in [-0.05, 0) is 56.2 Å². The molecule has 6 atom stereocenters. The molecule has 2 bridgehead atoms. The van der Waals surface area contributed by atoms with Crippen LogP contribution in [0, 0.1) is 11.8 Å². The third kappa shape index (κ3) is 7.06. The Balaban J connectivity index is 1.45. The van der Waals surface area contributed by atoms with E-state index >= 15 is 0 Å². The Kier molecular flexibility index (Phi) is 11.7. The van der Waals surface area contributed by atoms with Crippen LogP contribution < -0.4 is 10.2 Å². The number of anilines is 1. The number of benzene rings is 2. The molecule has 11 heteroatoms. The van der Waals surface area contributed by atoms with Gasteiger partial charge in [0.1, 0.15) is 17.7 Å². The van der Waals surface area contributed by atoms with Crippen LogP contribution in [0.25, 0.3) is 0 Å². The number of aliphatic hydroxyl groups is 1. The van der Waals surface area contributed by atoms with E-state index in [9.17, 15) is 24.3 Å². The number of unbranched alkanes of at least 4 members (excludes halogenated alkanes) is 2. The van der Waals surface area contributed by atoms with Crippen LogP contribution >= 0.6 is 11.6 Å². The van der Waals surface area contributed by atoms with Crippen LogP contribution in [-0.2, 0) is 28.7 Å². The average molecular weight is 678 g/mol. The van der Waals surface area contributed by atoms with Crippen molar-refractivity contribution in [2.24, 2.45) is 11.8 Å². The predicted octanol–water partition coefficient (Wildman–Crippen LogP) is 4.76. The van der Waals surface area contributed by atoms with Crippen molar-refractivity contribution in [3.05, 3.63) is 90.5 Å². The topological polar surface area (TPSA) is 125 Å². The second-order valence-corrected chi connectivity index (χ2v) is 12.9. The Hall–Kier alpha value is -3.99. The molecule has 1 spiro atoms. The van der Waals surface area contributed by atoms with E-state index in [1.54, 1.807) is 41.3 Å². The number of ether oxygens (including phenoxy) is 2. The quantitative estimate of drug-likeness (QED) is 0.141. The minimum Gasteiger partial charge on any atom is -0.455 e. The van der Waals surface area contributed by atoms with Crippen molar-refractivity contribution in [1.82, 2.24) is 10.2 Å². The number of likely N-dealkylation sites (tertiary alicyclic amines) is 1. The summed E-state index contributed by atoms with van der Waals surface area (Å²) in [6, 6.07) is 15.1. The number of rotatable bonds is 17. The van der Waals surface area contributed by atoms with Crippen LogP contribution in [0.1, 0.15) is 56.6 Å². The first-order valence-corrected chi connectivity index (χ1v) is 17.0. The van der Waals surface area contributed by atoms with Gasteiger partial charge in [-0.2, -0.15) is 0 Å². The molecule has 256 valence electrons. The van der Waals surface area contributed by atoms with Crippen molar-refractivity contribution < 1.29 is 33.8 Å². The Labute approximate surface area is 286 Å². The standard InChI is InChI=1S/C37H44ClN3O7/c1-3-5-18-30(43)39-24-29(25-14-8-6-9-15-25)47-36(46)31-28-19-20-37(48-28)32(31)34(44)41(22-12-7-13-23-42)33(37)35(45)40(21-4-2)27-17-11-10-16-26(27)38/h3-4,6,8-11,14-17,28-29,31-33,42H,1-2,5,7,12-13,18-24H2,(H,39,43)/t28-,29-,31+,32+,33-,37+/m1/s1. The Morgan fingerprint density at radius 2 is 1.85 bits per heavy atom. The minimum absolute atomic E-state index is 0.0263. The molecule has 10 nitrogen and oxygen atoms in total. The molecule has 0 unspecified atom stereocenters. The number of carbonyl (C=O) groups is 4. The summed E-state index contributed by atoms with van der Waals surface area (Å²) >= 11 is 6.56. The fraction of sp³-hybridized carbons (Fsp3) is 0.459. The van der Waals surface area contributed by atoms with E-state index in [4.69, 9.17) is 21.1 Å². The highest BCUT2D eigenvalue weighted by atomic mass is 35.5. The highest BCUT2D eigenvalue weighted by Gasteiger charge is 2.75. The molecule has 3 aliphatic rings. The Morgan fingerprint density at radius 1 is 1.10 bits per heavy atom. The van der Waals surface area contributed by atoms with E-state index < -0.39 is 41.7 Å². The zero-order valence-corrected chi connectivity index (χ0v) is 27.9. The second-order valence-electron chi connectivity index (χ2n) is 12.5. The molecule has 48 heavy (non-hydrogen) atoms. The molecule has 0 saturated carbocycles. The van der Waals surface area contributed by atoms with E-state index in [-0.39, 0.29) is 50.4 Å². The summed E-state index contributed by atoms with van der Waals surface area (Å²) in [5.41, 5.74) is -0.0489. The number of allylic oxidation sites excluding steroid dienone is 1. The van der Waals surface area contributed by atoms with Gasteiger partial charge in [0.05, 0.1) is 35.2 Å². The number of para-hydroxylation sites is 1. The van der Waals surface area contributed by atoms with Crippen molar-refractivity contribution in [2.75, 3.05) is 31.1 Å². The van der Waals surface area contributed by atoms with Gasteiger partial charge >= 0.3 is 5.97 Å². The van der Waals surface area contributed by atoms with Gasteiger partial charge in [0.25, 0.3) is 5.91 Å². The summed E-state index contributed by atoms with van der Waals surface area (Å²) < 4.78 is 12.7. The molecule has 3 aliphatic heterocycles. The zero-order chi connectivity index (χ0) is 34.3. The minimum atomic E-state index is -1.23. The lowest BCUT2D eigenvalue weighted by molar-refractivity contribution is -0.160. The first kappa shape index (κ1) is 35.3. The highest BCUT2D eigenvalue weighted by Crippen LogP contribution is 2.59. The van der Waals surface area contributed by atoms with E-state index in [0.717, 1.165) is 0 Å². The van der Waals surface area contributed by atoms with Gasteiger partial charge in [-0.25, -0.2) is 0 Å². The van der Waals surface area contributed by atoms with E-state index in [1.807, 2.05) is 30.3 Å². The maximum absolute atomic E-state index is 14.7. The fourth-order valence-corrected chi connectivity index (χ4v) is 7.65. The summed E-state index contributed by atoms with van der Waals surface area (Å²) in [5.74, 6) is -3.34. The van der Waals surface area contributed by atoms with Gasteiger partial charge < -0.3 is 29.7 Å². The fourth-order valence-electron chi connectivity index (χ4n) is 7.41. The highest BCUT2D eigenvalue weighted by molar-refractivity contribution is 6.34. The predicted molar refractivity (Wildman–Crippen MR) is 182 cm³/mol. The Morgan fingerprint density at radius 3 is 2.56 bits per heavy atom. The SMILES string of the molecule is C=CCCC(=O)NC[C@@H](OC(=O)[C@@H]1[C@H]2C(=O)N(CCCCCO)[C@H](C(=O)N(CC=C)c3ccccc3Cl)[C@]23CC[C@H]1O3)c1ccccc1. The summed E-state index contributed by atoms with van der Waals surface area (Å²) in [4.78, 5) is 58.8. The van der Waals surface area contributed by atoms with E-state index in [0.29, 0.717) is 54.8 Å². The largest absolute Gasteiger partial charge is 0.455 e. The smallest absolute Gasteiger partial charge is 0.313 e. The maximum atomic E-state index is 14.7. The molecular formula is C37H44ClN3O7. The van der Waals surface area contributed by atoms with Gasteiger partial charge in [0.15, 0.2) is 0 Å². The van der Waals surface area contributed by atoms with Gasteiger partial charge in [-0.3, -0.25) is 19.2 Å². The number of esters is 1. The third-order valence-electron chi connectivity index (χ3n) is 9.57. The molecule has 0 aromatic heterocycles. The normalized spacial score (nSPS) is 24.5. The van der Waals surface area contributed by atoms with Crippen molar-refractivity contribution >= 4 is 41.0 Å². The zero-order valence-electron chi connectivity index (χ0n) is 27.1. The molecule has 3 amide bonds. The lowest BCUT2D eigenvalue weighted by Gasteiger charge is -2.37. The lowest BCUT2D eigenvalue weighted by atomic mass is 9.70. The second kappa shape index (κ2) is 15.9. The maximum Gasteiger partial charge on any atom is 0.313 e. The number of nitrogens with zero attached hydrogens (tertiary/aromatic N) is 2. The molecule has 3 heterocycles. The van der Waals surface area contributed by atoms with Crippen molar-refractivity contribution in [3.63, 3.8) is 0 Å². The van der Waals surface area contributed by atoms with Crippen LogP contribution in [-0.4, -0.2) is 77.7 Å². The van der Waals surface area contributed by atoms with Crippen LogP contribution in [0.3, 0.4) is 0 Å². The first-order chi connectivity index (χ1) is 23.3. The van der Waals surface area contributed by atoms with Crippen molar-refractivity contribution in [2.45, 2.75) is 68.8 Å². The summed E-state index contributed by atoms with van der Waals surface area (Å²) in [7, 11) is 0. The van der Waals surface area contributed by atoms with Crippen molar-refractivity contribution in [3.8, 4) is 0 Å². The lowest BCUT2D eigenvalue weighted by Crippen LogP contribution is -2.56. The molecule has 2 N–H and O–H groups in total. The molecule has 2 aromatic carbocycles. The molecule has 3 fully saturated rings. The number of aliphatic hydroxyl groups excluding tert-OH is 1. The average Bonchev–Trinajstić information content (AvgIpc) is 3.74. The number of hydrogen-bond donors (Lipinski definition) is 2. The van der Waals surface area contributed by atoms with Crippen LogP contribution in [0.15, 0.2) is 79.9 Å². The number of hydrogen-bond acceptors (Lipinski definition) is 7. The van der Waals surface area contributed by atoms with Crippen LogP contribution in [0.5, 0.6) is 0 Å². The van der Waals surface area contributed by atoms with E-state index in [2.05, 4.69) is 18.5 Å². The monoisotopic (exact) mass is 677 g/mol. The van der Waals surface area contributed by atoms with Crippen LogP contribution in [0.2, 0.25) is 5.02 Å². The number of fused-ring (bicyclic) bond motifs is 1. The van der Waals surface area contributed by atoms with E-state index in [1.165, 1.54) is 4.90 Å². The Bertz CT molecular complexity index is 1500. The third-order valence-corrected chi connectivity index (χ3v) is 9.89. The number of carbonyl (C=O) groups excluding carboxylic acids is 4. The number of amides is 3. The van der Waals surface area contributed by atoms with Gasteiger partial charge in [-0.1, -0.05) is 66.2 Å². The number of halogens is 1. The van der Waals surface area contributed by atoms with Gasteiger partial charge in [-0.15, -0.1) is 13.2 Å². The summed E-state index contributed by atoms with van der Waals surface area (Å²) in [6.45, 7) is 8.00. The van der Waals surface area contributed by atoms with Gasteiger partial charge in [0.2, 0.25) is 11.8 Å². The summed E-state index contributed by atoms with van der Waals surface area (Å²) in [5, 5.41) is 12.6. The summed E-state index contributed by atoms with van der Waals surface area (Å²) in [6.07, 6.45) is 5.33. The molecular weight excluding hydrogens is 634 g/mol. The van der Waals surface area contributed by atoms with Crippen molar-refractivity contribution in [1.29, 1.82) is 0 Å². The van der Waals surface area contributed by atoms with Gasteiger partial charge in [0, 0.05) is 26.1 Å². The molecule has 3 saturated heterocycles. The van der Waals surface area contributed by atoms with Crippen LogP contribution in [0.4, 0.5) is 5.69 Å². The molecule has 0 aliphatic carbocycles. The first-order valence-electron chi connectivity index (χ1n) is 16.7.